The Balaban J connectivity index is 1.20. The standard InChI is InChI=1S/C36H35N7O4/c1-34(2,3)47-33(44)39-35(20-36(21-35)45-16-17-46-36)25-12-10-24(11-13-25)30-26(23-8-6-5-7-9-23)18-27-28(38-30)14-15-43-31(27)40-41-32(43)29-19-42(4)22-37-29/h5-15,18-19,22H,16-17,20-21H2,1-4H3,(H,39,44). The maximum absolute atomic E-state index is 13.0. The molecule has 1 amide bonds. The summed E-state index contributed by atoms with van der Waals surface area (Å²) in [6.07, 6.45) is 6.14. The first-order valence-electron chi connectivity index (χ1n) is 15.7. The number of hydrogen-bond acceptors (Lipinski definition) is 8. The van der Waals surface area contributed by atoms with Crippen molar-refractivity contribution < 1.29 is 19.0 Å². The first-order valence-corrected chi connectivity index (χ1v) is 15.7. The molecule has 47 heavy (non-hydrogen) atoms. The number of pyridine rings is 2. The summed E-state index contributed by atoms with van der Waals surface area (Å²) < 4.78 is 21.4. The fraction of sp³-hybridized carbons (Fsp3) is 0.306. The van der Waals surface area contributed by atoms with E-state index >= 15 is 0 Å². The van der Waals surface area contributed by atoms with Crippen molar-refractivity contribution in [1.29, 1.82) is 0 Å². The highest BCUT2D eigenvalue weighted by atomic mass is 16.7. The maximum Gasteiger partial charge on any atom is 0.408 e. The molecule has 1 spiro atoms. The summed E-state index contributed by atoms with van der Waals surface area (Å²) in [6.45, 7) is 6.65. The van der Waals surface area contributed by atoms with E-state index in [1.54, 1.807) is 6.33 Å². The molecule has 11 nitrogen and oxygen atoms in total. The molecule has 1 aliphatic heterocycles. The lowest BCUT2D eigenvalue weighted by molar-refractivity contribution is -0.245. The number of rotatable bonds is 5. The average Bonchev–Trinajstić information content (AvgIpc) is 3.80. The Bertz CT molecular complexity index is 2120. The van der Waals surface area contributed by atoms with Crippen molar-refractivity contribution in [3.05, 3.63) is 91.0 Å². The summed E-state index contributed by atoms with van der Waals surface area (Å²) in [5.74, 6) is -0.0131. The summed E-state index contributed by atoms with van der Waals surface area (Å²) >= 11 is 0. The van der Waals surface area contributed by atoms with E-state index in [4.69, 9.17) is 19.2 Å². The van der Waals surface area contributed by atoms with Crippen LogP contribution < -0.4 is 5.32 Å². The number of imidazole rings is 1. The second-order valence-corrected chi connectivity index (χ2v) is 13.4. The zero-order valence-corrected chi connectivity index (χ0v) is 26.7. The summed E-state index contributed by atoms with van der Waals surface area (Å²) in [4.78, 5) is 22.7. The summed E-state index contributed by atoms with van der Waals surface area (Å²) in [7, 11) is 1.93. The topological polar surface area (TPSA) is 118 Å². The van der Waals surface area contributed by atoms with Gasteiger partial charge in [0.15, 0.2) is 17.3 Å². The molecule has 11 heteroatoms. The van der Waals surface area contributed by atoms with Gasteiger partial charge in [-0.05, 0) is 44.0 Å². The first kappa shape index (κ1) is 29.3. The number of aromatic nitrogens is 6. The van der Waals surface area contributed by atoms with E-state index in [9.17, 15) is 4.79 Å². The van der Waals surface area contributed by atoms with E-state index in [2.05, 4.69) is 63.0 Å². The second-order valence-electron chi connectivity index (χ2n) is 13.4. The monoisotopic (exact) mass is 629 g/mol. The number of amides is 1. The van der Waals surface area contributed by atoms with Crippen molar-refractivity contribution in [2.45, 2.75) is 50.5 Å². The van der Waals surface area contributed by atoms with Crippen LogP contribution in [0.5, 0.6) is 0 Å². The molecule has 4 aromatic heterocycles. The molecular formula is C36H35N7O4. The Kier molecular flexibility index (Phi) is 6.68. The van der Waals surface area contributed by atoms with Crippen LogP contribution in [0.4, 0.5) is 4.79 Å². The van der Waals surface area contributed by atoms with Gasteiger partial charge in [-0.1, -0.05) is 54.6 Å². The van der Waals surface area contributed by atoms with Crippen molar-refractivity contribution in [1.82, 2.24) is 34.4 Å². The molecule has 2 fully saturated rings. The maximum atomic E-state index is 13.0. The lowest BCUT2D eigenvalue weighted by atomic mass is 9.67. The number of fused-ring (bicyclic) bond motifs is 3. The number of carbonyl (C=O) groups is 1. The van der Waals surface area contributed by atoms with Gasteiger partial charge in [0.05, 0.1) is 36.3 Å². The third-order valence-electron chi connectivity index (χ3n) is 8.80. The Hall–Kier alpha value is -5.13. The molecule has 8 rings (SSSR count). The van der Waals surface area contributed by atoms with Crippen molar-refractivity contribution in [3.63, 3.8) is 0 Å². The number of alkyl carbamates (subject to hydrolysis) is 1. The number of hydrogen-bond donors (Lipinski definition) is 1. The van der Waals surface area contributed by atoms with Gasteiger partial charge in [0.1, 0.15) is 11.3 Å². The van der Waals surface area contributed by atoms with Crippen LogP contribution in [0.2, 0.25) is 0 Å². The number of carbonyl (C=O) groups excluding carboxylic acids is 1. The molecule has 0 radical (unpaired) electrons. The summed E-state index contributed by atoms with van der Waals surface area (Å²) in [5.41, 5.74) is 5.69. The number of nitrogens with zero attached hydrogens (tertiary/aromatic N) is 6. The SMILES string of the molecule is Cn1cnc(-c2nnc3c4cc(-c5ccccc5)c(-c5ccc(C6(NC(=O)OC(C)(C)C)CC7(C6)OCCO7)cc5)nc4ccn23)c1. The second kappa shape index (κ2) is 10.7. The zero-order valence-electron chi connectivity index (χ0n) is 26.7. The molecule has 2 aromatic carbocycles. The number of benzene rings is 2. The lowest BCUT2D eigenvalue weighted by Gasteiger charge is -2.53. The van der Waals surface area contributed by atoms with Crippen LogP contribution in [0.25, 0.3) is 50.5 Å². The largest absolute Gasteiger partial charge is 0.444 e. The van der Waals surface area contributed by atoms with Crippen LogP contribution in [0.1, 0.15) is 39.2 Å². The number of nitrogens with one attached hydrogen (secondary N) is 1. The molecule has 2 aliphatic rings. The van der Waals surface area contributed by atoms with Gasteiger partial charge in [0.25, 0.3) is 0 Å². The Morgan fingerprint density at radius 1 is 0.957 bits per heavy atom. The minimum atomic E-state index is -0.686. The van der Waals surface area contributed by atoms with Gasteiger partial charge in [0.2, 0.25) is 0 Å². The fourth-order valence-electron chi connectivity index (χ4n) is 6.74. The van der Waals surface area contributed by atoms with Gasteiger partial charge in [-0.3, -0.25) is 4.40 Å². The van der Waals surface area contributed by atoms with Crippen molar-refractivity contribution in [2.24, 2.45) is 7.05 Å². The van der Waals surface area contributed by atoms with Crippen LogP contribution in [0.15, 0.2) is 85.5 Å². The smallest absolute Gasteiger partial charge is 0.408 e. The van der Waals surface area contributed by atoms with Crippen LogP contribution in [-0.2, 0) is 26.8 Å². The summed E-state index contributed by atoms with van der Waals surface area (Å²) in [5, 5.41) is 13.1. The van der Waals surface area contributed by atoms with E-state index < -0.39 is 23.0 Å². The van der Waals surface area contributed by atoms with Crippen molar-refractivity contribution in [3.8, 4) is 33.9 Å². The predicted octanol–water partition coefficient (Wildman–Crippen LogP) is 6.27. The molecule has 0 unspecified atom stereocenters. The Morgan fingerprint density at radius 3 is 2.38 bits per heavy atom. The lowest BCUT2D eigenvalue weighted by Crippen LogP contribution is -2.64. The highest BCUT2D eigenvalue weighted by Crippen LogP contribution is 2.53. The van der Waals surface area contributed by atoms with E-state index in [1.807, 2.05) is 73.4 Å². The Labute approximate surface area is 271 Å². The molecule has 1 aliphatic carbocycles. The predicted molar refractivity (Wildman–Crippen MR) is 176 cm³/mol. The van der Waals surface area contributed by atoms with Crippen molar-refractivity contribution >= 4 is 22.6 Å². The molecule has 1 saturated heterocycles. The average molecular weight is 630 g/mol. The van der Waals surface area contributed by atoms with Gasteiger partial charge in [-0.25, -0.2) is 14.8 Å². The van der Waals surface area contributed by atoms with Crippen LogP contribution in [0.3, 0.4) is 0 Å². The normalized spacial score (nSPS) is 16.9. The van der Waals surface area contributed by atoms with Gasteiger partial charge in [0, 0.05) is 48.8 Å². The molecule has 6 aromatic rings. The van der Waals surface area contributed by atoms with Gasteiger partial charge >= 0.3 is 6.09 Å². The third kappa shape index (κ3) is 5.21. The minimum absolute atomic E-state index is 0.469. The molecule has 238 valence electrons. The van der Waals surface area contributed by atoms with Crippen molar-refractivity contribution in [2.75, 3.05) is 13.2 Å². The molecule has 1 N–H and O–H groups in total. The molecular weight excluding hydrogens is 594 g/mol. The quantitative estimate of drug-likeness (QED) is 0.237. The molecule has 0 bridgehead atoms. The summed E-state index contributed by atoms with van der Waals surface area (Å²) in [6, 6.07) is 22.6. The van der Waals surface area contributed by atoms with E-state index in [-0.39, 0.29) is 0 Å². The zero-order chi connectivity index (χ0) is 32.4. The van der Waals surface area contributed by atoms with Gasteiger partial charge in [-0.2, -0.15) is 0 Å². The number of ether oxygens (including phenoxy) is 3. The minimum Gasteiger partial charge on any atom is -0.444 e. The highest BCUT2D eigenvalue weighted by Gasteiger charge is 2.60. The van der Waals surface area contributed by atoms with Gasteiger partial charge < -0.3 is 24.1 Å². The third-order valence-corrected chi connectivity index (χ3v) is 8.80. The van der Waals surface area contributed by atoms with Crippen LogP contribution in [-0.4, -0.2) is 59.8 Å². The molecule has 0 atom stereocenters. The van der Waals surface area contributed by atoms with Gasteiger partial charge in [-0.15, -0.1) is 10.2 Å². The fourth-order valence-corrected chi connectivity index (χ4v) is 6.74. The van der Waals surface area contributed by atoms with Crippen LogP contribution >= 0.6 is 0 Å². The molecule has 5 heterocycles. The van der Waals surface area contributed by atoms with Crippen LogP contribution in [0, 0.1) is 0 Å². The number of aryl methyl sites for hydroxylation is 1. The van der Waals surface area contributed by atoms with E-state index in [1.165, 1.54) is 0 Å². The van der Waals surface area contributed by atoms with E-state index in [0.717, 1.165) is 44.5 Å². The highest BCUT2D eigenvalue weighted by molar-refractivity contribution is 5.98. The first-order chi connectivity index (χ1) is 22.6. The molecule has 1 saturated carbocycles. The Morgan fingerprint density at radius 2 is 1.70 bits per heavy atom. The van der Waals surface area contributed by atoms with E-state index in [0.29, 0.717) is 37.5 Å².